The van der Waals surface area contributed by atoms with Crippen LogP contribution in [0.15, 0.2) is 47.4 Å². The number of benzene rings is 2. The number of hydrogen-bond acceptors (Lipinski definition) is 4. The van der Waals surface area contributed by atoms with Crippen LogP contribution < -0.4 is 15.2 Å². The van der Waals surface area contributed by atoms with Crippen molar-refractivity contribution in [1.29, 1.82) is 0 Å². The summed E-state index contributed by atoms with van der Waals surface area (Å²) < 4.78 is 33.2. The molecule has 0 amide bonds. The van der Waals surface area contributed by atoms with Gasteiger partial charge in [0.2, 0.25) is 10.0 Å². The summed E-state index contributed by atoms with van der Waals surface area (Å²) in [6, 6.07) is 12.4. The first-order valence-corrected chi connectivity index (χ1v) is 10.9. The third kappa shape index (κ3) is 5.72. The molecule has 0 radical (unpaired) electrons. The SMILES string of the molecule is CC(C)(C)c1ccc(OCCNS(=O)(=O)c2ccc(N)cc2)c(C(C)(C)C)c1. The van der Waals surface area contributed by atoms with E-state index in [0.717, 1.165) is 11.3 Å². The highest BCUT2D eigenvalue weighted by atomic mass is 32.2. The lowest BCUT2D eigenvalue weighted by molar-refractivity contribution is 0.313. The molecule has 0 heterocycles. The van der Waals surface area contributed by atoms with Crippen molar-refractivity contribution in [2.45, 2.75) is 57.3 Å². The van der Waals surface area contributed by atoms with Crippen molar-refractivity contribution < 1.29 is 13.2 Å². The number of anilines is 1. The summed E-state index contributed by atoms with van der Waals surface area (Å²) in [5.41, 5.74) is 8.45. The molecule has 0 aliphatic carbocycles. The summed E-state index contributed by atoms with van der Waals surface area (Å²) in [4.78, 5) is 0.187. The van der Waals surface area contributed by atoms with Crippen LogP contribution in [0.2, 0.25) is 0 Å². The van der Waals surface area contributed by atoms with Gasteiger partial charge in [0.25, 0.3) is 0 Å². The Balaban J connectivity index is 2.07. The first kappa shape index (κ1) is 22.2. The zero-order chi connectivity index (χ0) is 21.2. The van der Waals surface area contributed by atoms with Gasteiger partial charge in [-0.15, -0.1) is 0 Å². The molecule has 0 unspecified atom stereocenters. The molecule has 28 heavy (non-hydrogen) atoms. The van der Waals surface area contributed by atoms with E-state index in [1.807, 2.05) is 6.07 Å². The van der Waals surface area contributed by atoms with E-state index in [1.54, 1.807) is 12.1 Å². The highest BCUT2D eigenvalue weighted by Gasteiger charge is 2.23. The Morgan fingerprint density at radius 2 is 1.54 bits per heavy atom. The van der Waals surface area contributed by atoms with E-state index >= 15 is 0 Å². The Hall–Kier alpha value is -2.05. The number of sulfonamides is 1. The standard InChI is InChI=1S/C22H32N2O3S/c1-21(2,3)16-7-12-20(19(15-16)22(4,5)6)27-14-13-24-28(25,26)18-10-8-17(23)9-11-18/h7-12,15,24H,13-14,23H2,1-6H3. The van der Waals surface area contributed by atoms with Crippen LogP contribution in [-0.2, 0) is 20.9 Å². The van der Waals surface area contributed by atoms with Gasteiger partial charge in [-0.3, -0.25) is 0 Å². The minimum absolute atomic E-state index is 0.0489. The predicted octanol–water partition coefficient (Wildman–Crippen LogP) is 4.22. The summed E-state index contributed by atoms with van der Waals surface area (Å²) in [5, 5.41) is 0. The van der Waals surface area contributed by atoms with Crippen molar-refractivity contribution in [1.82, 2.24) is 4.72 Å². The van der Waals surface area contributed by atoms with Gasteiger partial charge in [0, 0.05) is 12.2 Å². The molecule has 5 nitrogen and oxygen atoms in total. The smallest absolute Gasteiger partial charge is 0.240 e. The maximum Gasteiger partial charge on any atom is 0.240 e. The van der Waals surface area contributed by atoms with Gasteiger partial charge in [-0.05, 0) is 52.3 Å². The Morgan fingerprint density at radius 3 is 2.07 bits per heavy atom. The fourth-order valence-corrected chi connectivity index (χ4v) is 3.79. The van der Waals surface area contributed by atoms with E-state index in [-0.39, 0.29) is 28.9 Å². The molecule has 2 aromatic rings. The van der Waals surface area contributed by atoms with E-state index in [2.05, 4.69) is 58.4 Å². The number of nitrogens with two attached hydrogens (primary N) is 1. The van der Waals surface area contributed by atoms with E-state index in [4.69, 9.17) is 10.5 Å². The van der Waals surface area contributed by atoms with E-state index in [9.17, 15) is 8.42 Å². The first-order chi connectivity index (χ1) is 12.8. The van der Waals surface area contributed by atoms with E-state index in [1.165, 1.54) is 17.7 Å². The molecule has 2 rings (SSSR count). The zero-order valence-electron chi connectivity index (χ0n) is 17.7. The summed E-state index contributed by atoms with van der Waals surface area (Å²) in [6.45, 7) is 13.4. The molecule has 0 aliphatic heterocycles. The predicted molar refractivity (Wildman–Crippen MR) is 115 cm³/mol. The van der Waals surface area contributed by atoms with Gasteiger partial charge < -0.3 is 10.5 Å². The van der Waals surface area contributed by atoms with Crippen LogP contribution in [0.4, 0.5) is 5.69 Å². The molecule has 0 aliphatic rings. The Kier molecular flexibility index (Phi) is 6.46. The van der Waals surface area contributed by atoms with Crippen LogP contribution in [0.5, 0.6) is 5.75 Å². The Bertz CT molecular complexity index is 906. The minimum atomic E-state index is -3.58. The quantitative estimate of drug-likeness (QED) is 0.558. The number of rotatable bonds is 6. The zero-order valence-corrected chi connectivity index (χ0v) is 18.5. The normalized spacial score (nSPS) is 12.8. The fraction of sp³-hybridized carbons (Fsp3) is 0.455. The highest BCUT2D eigenvalue weighted by molar-refractivity contribution is 7.89. The summed E-state index contributed by atoms with van der Waals surface area (Å²) >= 11 is 0. The van der Waals surface area contributed by atoms with Gasteiger partial charge in [-0.25, -0.2) is 13.1 Å². The number of nitrogens with one attached hydrogen (secondary N) is 1. The number of hydrogen-bond donors (Lipinski definition) is 2. The van der Waals surface area contributed by atoms with Crippen molar-refractivity contribution in [2.75, 3.05) is 18.9 Å². The lowest BCUT2D eigenvalue weighted by atomic mass is 9.80. The van der Waals surface area contributed by atoms with Gasteiger partial charge in [-0.2, -0.15) is 0 Å². The van der Waals surface area contributed by atoms with Crippen LogP contribution >= 0.6 is 0 Å². The average Bonchev–Trinajstić information content (AvgIpc) is 2.57. The maximum absolute atomic E-state index is 12.3. The molecule has 0 bridgehead atoms. The fourth-order valence-electron chi connectivity index (χ4n) is 2.78. The molecule has 0 fully saturated rings. The van der Waals surface area contributed by atoms with Crippen molar-refractivity contribution >= 4 is 15.7 Å². The first-order valence-electron chi connectivity index (χ1n) is 9.44. The molecular formula is C22H32N2O3S. The van der Waals surface area contributed by atoms with Crippen LogP contribution in [-0.4, -0.2) is 21.6 Å². The second-order valence-corrected chi connectivity index (χ2v) is 10.8. The average molecular weight is 405 g/mol. The molecule has 0 aromatic heterocycles. The van der Waals surface area contributed by atoms with Crippen LogP contribution in [0.25, 0.3) is 0 Å². The largest absolute Gasteiger partial charge is 0.492 e. The van der Waals surface area contributed by atoms with Gasteiger partial charge in [0.15, 0.2) is 0 Å². The maximum atomic E-state index is 12.3. The lowest BCUT2D eigenvalue weighted by Crippen LogP contribution is -2.28. The van der Waals surface area contributed by atoms with Gasteiger partial charge >= 0.3 is 0 Å². The van der Waals surface area contributed by atoms with E-state index in [0.29, 0.717) is 5.69 Å². The van der Waals surface area contributed by atoms with Gasteiger partial charge in [-0.1, -0.05) is 53.7 Å². The second-order valence-electron chi connectivity index (χ2n) is 9.03. The molecule has 3 N–H and O–H groups in total. The van der Waals surface area contributed by atoms with E-state index < -0.39 is 10.0 Å². The van der Waals surface area contributed by atoms with Crippen LogP contribution in [0.1, 0.15) is 52.7 Å². The molecule has 2 aromatic carbocycles. The van der Waals surface area contributed by atoms with Crippen LogP contribution in [0.3, 0.4) is 0 Å². The number of nitrogen functional groups attached to an aromatic ring is 1. The summed E-state index contributed by atoms with van der Waals surface area (Å²) in [7, 11) is -3.58. The van der Waals surface area contributed by atoms with Crippen molar-refractivity contribution in [3.63, 3.8) is 0 Å². The number of ether oxygens (including phenoxy) is 1. The highest BCUT2D eigenvalue weighted by Crippen LogP contribution is 2.35. The second kappa shape index (κ2) is 8.13. The molecule has 0 atom stereocenters. The lowest BCUT2D eigenvalue weighted by Gasteiger charge is -2.27. The van der Waals surface area contributed by atoms with Gasteiger partial charge in [0.1, 0.15) is 12.4 Å². The van der Waals surface area contributed by atoms with Crippen molar-refractivity contribution in [3.05, 3.63) is 53.6 Å². The monoisotopic (exact) mass is 404 g/mol. The van der Waals surface area contributed by atoms with Gasteiger partial charge in [0.05, 0.1) is 4.90 Å². The molecular weight excluding hydrogens is 372 g/mol. The Labute approximate surface area is 169 Å². The van der Waals surface area contributed by atoms with Crippen molar-refractivity contribution in [3.8, 4) is 5.75 Å². The third-order valence-corrected chi connectivity index (χ3v) is 5.97. The Morgan fingerprint density at radius 1 is 0.929 bits per heavy atom. The third-order valence-electron chi connectivity index (χ3n) is 4.50. The topological polar surface area (TPSA) is 81.4 Å². The molecule has 0 spiro atoms. The van der Waals surface area contributed by atoms with Crippen molar-refractivity contribution in [2.24, 2.45) is 0 Å². The molecule has 0 saturated carbocycles. The summed E-state index contributed by atoms with van der Waals surface area (Å²) in [5.74, 6) is 0.784. The summed E-state index contributed by atoms with van der Waals surface area (Å²) in [6.07, 6.45) is 0. The molecule has 6 heteroatoms. The molecule has 0 saturated heterocycles. The molecule has 154 valence electrons. The van der Waals surface area contributed by atoms with Crippen LogP contribution in [0, 0.1) is 0 Å². The minimum Gasteiger partial charge on any atom is -0.492 e.